The van der Waals surface area contributed by atoms with E-state index in [1.165, 1.54) is 12.1 Å². The Hall–Kier alpha value is -2.82. The van der Waals surface area contributed by atoms with Crippen LogP contribution in [-0.4, -0.2) is 20.4 Å². The van der Waals surface area contributed by atoms with Gasteiger partial charge in [0.1, 0.15) is 0 Å². The van der Waals surface area contributed by atoms with Gasteiger partial charge in [0.05, 0.1) is 0 Å². The largest absolute Gasteiger partial charge is 0.504 e. The standard InChI is InChI=1S/C14H10N2O3/c17-11-7-6-10(8-12(11)18)13-15-14(19-16-13)9-4-2-1-3-5-9/h1-8,17-18H. The number of aromatic hydroxyl groups is 2. The highest BCUT2D eigenvalue weighted by molar-refractivity contribution is 5.62. The molecule has 3 rings (SSSR count). The summed E-state index contributed by atoms with van der Waals surface area (Å²) in [5.74, 6) is 0.358. The molecule has 0 radical (unpaired) electrons. The molecule has 1 heterocycles. The summed E-state index contributed by atoms with van der Waals surface area (Å²) in [5, 5.41) is 22.6. The number of phenolic OH excluding ortho intramolecular Hbond substituents is 2. The second kappa shape index (κ2) is 4.45. The Morgan fingerprint density at radius 2 is 1.63 bits per heavy atom. The molecule has 0 aliphatic heterocycles. The third-order valence-corrected chi connectivity index (χ3v) is 2.68. The first kappa shape index (κ1) is 11.3. The van der Waals surface area contributed by atoms with Crippen molar-refractivity contribution in [3.05, 3.63) is 48.5 Å². The van der Waals surface area contributed by atoms with E-state index in [9.17, 15) is 10.2 Å². The van der Waals surface area contributed by atoms with E-state index in [2.05, 4.69) is 10.1 Å². The van der Waals surface area contributed by atoms with Crippen LogP contribution in [0, 0.1) is 0 Å². The number of hydrogen-bond acceptors (Lipinski definition) is 5. The van der Waals surface area contributed by atoms with Crippen LogP contribution in [0.15, 0.2) is 53.1 Å². The molecule has 3 aromatic rings. The lowest BCUT2D eigenvalue weighted by atomic mass is 10.2. The van der Waals surface area contributed by atoms with Gasteiger partial charge in [0.25, 0.3) is 5.89 Å². The third-order valence-electron chi connectivity index (χ3n) is 2.68. The normalized spacial score (nSPS) is 10.5. The molecular weight excluding hydrogens is 244 g/mol. The molecule has 0 saturated heterocycles. The van der Waals surface area contributed by atoms with Gasteiger partial charge < -0.3 is 14.7 Å². The molecule has 5 heteroatoms. The zero-order valence-corrected chi connectivity index (χ0v) is 9.82. The number of rotatable bonds is 2. The van der Waals surface area contributed by atoms with Crippen molar-refractivity contribution in [1.29, 1.82) is 0 Å². The molecule has 0 aliphatic rings. The molecule has 2 aromatic carbocycles. The number of hydrogen-bond donors (Lipinski definition) is 2. The van der Waals surface area contributed by atoms with Crippen molar-refractivity contribution in [2.75, 3.05) is 0 Å². The Bertz CT molecular complexity index is 708. The molecule has 0 amide bonds. The smallest absolute Gasteiger partial charge is 0.258 e. The Kier molecular flexibility index (Phi) is 2.64. The quantitative estimate of drug-likeness (QED) is 0.687. The molecule has 2 N–H and O–H groups in total. The highest BCUT2D eigenvalue weighted by Gasteiger charge is 2.11. The third kappa shape index (κ3) is 2.13. The summed E-state index contributed by atoms with van der Waals surface area (Å²) in [6, 6.07) is 13.8. The van der Waals surface area contributed by atoms with Gasteiger partial charge in [-0.15, -0.1) is 0 Å². The van der Waals surface area contributed by atoms with E-state index in [4.69, 9.17) is 4.52 Å². The molecule has 0 saturated carbocycles. The van der Waals surface area contributed by atoms with Gasteiger partial charge in [-0.25, -0.2) is 0 Å². The fourth-order valence-electron chi connectivity index (χ4n) is 1.70. The number of benzene rings is 2. The SMILES string of the molecule is Oc1ccc(-c2noc(-c3ccccc3)n2)cc1O. The van der Waals surface area contributed by atoms with E-state index in [-0.39, 0.29) is 11.5 Å². The molecule has 19 heavy (non-hydrogen) atoms. The highest BCUT2D eigenvalue weighted by Crippen LogP contribution is 2.30. The van der Waals surface area contributed by atoms with Crippen LogP contribution in [0.4, 0.5) is 0 Å². The molecule has 94 valence electrons. The van der Waals surface area contributed by atoms with Gasteiger partial charge in [0.2, 0.25) is 5.82 Å². The second-order valence-corrected chi connectivity index (χ2v) is 3.99. The van der Waals surface area contributed by atoms with Crippen LogP contribution in [0.1, 0.15) is 0 Å². The van der Waals surface area contributed by atoms with Crippen molar-refractivity contribution in [3.8, 4) is 34.3 Å². The van der Waals surface area contributed by atoms with E-state index in [0.29, 0.717) is 17.3 Å². The fraction of sp³-hybridized carbons (Fsp3) is 0. The first-order chi connectivity index (χ1) is 9.24. The maximum Gasteiger partial charge on any atom is 0.258 e. The Labute approximate surface area is 108 Å². The van der Waals surface area contributed by atoms with Crippen molar-refractivity contribution in [1.82, 2.24) is 10.1 Å². The molecule has 5 nitrogen and oxygen atoms in total. The summed E-state index contributed by atoms with van der Waals surface area (Å²) in [6.45, 7) is 0. The zero-order chi connectivity index (χ0) is 13.2. The number of phenols is 2. The van der Waals surface area contributed by atoms with E-state index in [0.717, 1.165) is 5.56 Å². The summed E-state index contributed by atoms with van der Waals surface area (Å²) in [7, 11) is 0. The molecule has 0 bridgehead atoms. The first-order valence-electron chi connectivity index (χ1n) is 5.65. The minimum absolute atomic E-state index is 0.185. The minimum Gasteiger partial charge on any atom is -0.504 e. The lowest BCUT2D eigenvalue weighted by Gasteiger charge is -1.98. The van der Waals surface area contributed by atoms with Gasteiger partial charge in [-0.1, -0.05) is 23.4 Å². The van der Waals surface area contributed by atoms with Gasteiger partial charge >= 0.3 is 0 Å². The van der Waals surface area contributed by atoms with Crippen LogP contribution in [0.25, 0.3) is 22.8 Å². The molecule has 1 aromatic heterocycles. The van der Waals surface area contributed by atoms with E-state index in [1.807, 2.05) is 30.3 Å². The highest BCUT2D eigenvalue weighted by atomic mass is 16.5. The van der Waals surface area contributed by atoms with Crippen LogP contribution in [-0.2, 0) is 0 Å². The topological polar surface area (TPSA) is 79.4 Å². The van der Waals surface area contributed by atoms with Gasteiger partial charge in [0, 0.05) is 11.1 Å². The maximum atomic E-state index is 9.45. The summed E-state index contributed by atoms with van der Waals surface area (Å²) >= 11 is 0. The van der Waals surface area contributed by atoms with Gasteiger partial charge in [-0.3, -0.25) is 0 Å². The molecule has 0 atom stereocenters. The van der Waals surface area contributed by atoms with Gasteiger partial charge in [-0.2, -0.15) is 4.98 Å². The Morgan fingerprint density at radius 3 is 2.37 bits per heavy atom. The fourth-order valence-corrected chi connectivity index (χ4v) is 1.70. The van der Waals surface area contributed by atoms with Crippen molar-refractivity contribution in [2.24, 2.45) is 0 Å². The second-order valence-electron chi connectivity index (χ2n) is 3.99. The maximum absolute atomic E-state index is 9.45. The summed E-state index contributed by atoms with van der Waals surface area (Å²) in [4.78, 5) is 4.25. The van der Waals surface area contributed by atoms with Crippen LogP contribution < -0.4 is 0 Å². The van der Waals surface area contributed by atoms with E-state index < -0.39 is 0 Å². The van der Waals surface area contributed by atoms with Gasteiger partial charge in [-0.05, 0) is 30.3 Å². The predicted octanol–water partition coefficient (Wildman–Crippen LogP) is 2.81. The monoisotopic (exact) mass is 254 g/mol. The van der Waals surface area contributed by atoms with Crippen molar-refractivity contribution in [3.63, 3.8) is 0 Å². The minimum atomic E-state index is -0.219. The average Bonchev–Trinajstić information content (AvgIpc) is 2.93. The van der Waals surface area contributed by atoms with Crippen LogP contribution in [0.5, 0.6) is 11.5 Å². The Balaban J connectivity index is 1.99. The molecule has 0 unspecified atom stereocenters. The lowest BCUT2D eigenvalue weighted by molar-refractivity contribution is 0.404. The number of aromatic nitrogens is 2. The molecule has 0 fully saturated rings. The number of nitrogens with zero attached hydrogens (tertiary/aromatic N) is 2. The zero-order valence-electron chi connectivity index (χ0n) is 9.82. The predicted molar refractivity (Wildman–Crippen MR) is 68.5 cm³/mol. The van der Waals surface area contributed by atoms with E-state index in [1.54, 1.807) is 6.07 Å². The summed E-state index contributed by atoms with van der Waals surface area (Å²) < 4.78 is 5.17. The lowest BCUT2D eigenvalue weighted by Crippen LogP contribution is -1.81. The van der Waals surface area contributed by atoms with Crippen molar-refractivity contribution < 1.29 is 14.7 Å². The Morgan fingerprint density at radius 1 is 0.842 bits per heavy atom. The average molecular weight is 254 g/mol. The summed E-state index contributed by atoms with van der Waals surface area (Å²) in [6.07, 6.45) is 0. The molecule has 0 spiro atoms. The van der Waals surface area contributed by atoms with Crippen molar-refractivity contribution in [2.45, 2.75) is 0 Å². The molecular formula is C14H10N2O3. The van der Waals surface area contributed by atoms with Crippen molar-refractivity contribution >= 4 is 0 Å². The van der Waals surface area contributed by atoms with Gasteiger partial charge in [0.15, 0.2) is 11.5 Å². The first-order valence-corrected chi connectivity index (χ1v) is 5.65. The van der Waals surface area contributed by atoms with Crippen LogP contribution in [0.3, 0.4) is 0 Å². The van der Waals surface area contributed by atoms with E-state index >= 15 is 0 Å². The summed E-state index contributed by atoms with van der Waals surface area (Å²) in [5.41, 5.74) is 1.39. The van der Waals surface area contributed by atoms with Crippen LogP contribution in [0.2, 0.25) is 0 Å². The molecule has 0 aliphatic carbocycles. The van der Waals surface area contributed by atoms with Crippen LogP contribution >= 0.6 is 0 Å².